The molecule has 1 aliphatic rings. The number of imide groups is 2. The Bertz CT molecular complexity index is 573. The Morgan fingerprint density at radius 3 is 1.85 bits per heavy atom. The zero-order valence-electron chi connectivity index (χ0n) is 11.1. The Hall–Kier alpha value is -2.77. The van der Waals surface area contributed by atoms with Crippen LogP contribution in [0.15, 0.2) is 12.1 Å². The molecule has 8 heteroatoms. The zero-order valence-corrected chi connectivity index (χ0v) is 11.1. The SMILES string of the molecule is COc1cc(N2C(=O)NC(=O)C2=O)cc(OC)c1OC. The lowest BCUT2D eigenvalue weighted by molar-refractivity contribution is -0.134. The molecule has 1 aromatic carbocycles. The van der Waals surface area contributed by atoms with Crippen LogP contribution >= 0.6 is 0 Å². The van der Waals surface area contributed by atoms with Gasteiger partial charge in [0.15, 0.2) is 11.5 Å². The van der Waals surface area contributed by atoms with E-state index in [0.717, 1.165) is 0 Å². The van der Waals surface area contributed by atoms with Crippen molar-refractivity contribution >= 4 is 23.5 Å². The van der Waals surface area contributed by atoms with Crippen LogP contribution in [0.2, 0.25) is 0 Å². The number of methoxy groups -OCH3 is 3. The maximum absolute atomic E-state index is 11.7. The van der Waals surface area contributed by atoms with Crippen LogP contribution in [0.1, 0.15) is 0 Å². The summed E-state index contributed by atoms with van der Waals surface area (Å²) in [4.78, 5) is 35.2. The summed E-state index contributed by atoms with van der Waals surface area (Å²) in [5.74, 6) is -1.10. The van der Waals surface area contributed by atoms with Gasteiger partial charge in [0.2, 0.25) is 5.75 Å². The second-order valence-electron chi connectivity index (χ2n) is 3.78. The molecule has 4 amide bonds. The van der Waals surface area contributed by atoms with Gasteiger partial charge in [-0.2, -0.15) is 0 Å². The maximum Gasteiger partial charge on any atom is 0.336 e. The minimum absolute atomic E-state index is 0.146. The van der Waals surface area contributed by atoms with E-state index >= 15 is 0 Å². The Balaban J connectivity index is 2.55. The van der Waals surface area contributed by atoms with E-state index in [-0.39, 0.29) is 17.2 Å². The summed E-state index contributed by atoms with van der Waals surface area (Å²) in [6.45, 7) is 0. The Kier molecular flexibility index (Phi) is 3.47. The molecule has 20 heavy (non-hydrogen) atoms. The standard InChI is InChI=1S/C12H12N2O6/c1-18-7-4-6(5-8(19-2)9(7)20-3)14-11(16)10(15)13-12(14)17/h4-5H,1-3H3,(H,13,15,17). The fraction of sp³-hybridized carbons (Fsp3) is 0.250. The van der Waals surface area contributed by atoms with Crippen molar-refractivity contribution in [2.45, 2.75) is 0 Å². The molecular weight excluding hydrogens is 268 g/mol. The molecule has 8 nitrogen and oxygen atoms in total. The van der Waals surface area contributed by atoms with Gasteiger partial charge in [0.25, 0.3) is 0 Å². The smallest absolute Gasteiger partial charge is 0.336 e. The lowest BCUT2D eigenvalue weighted by Crippen LogP contribution is -2.30. The molecule has 1 fully saturated rings. The van der Waals surface area contributed by atoms with E-state index in [0.29, 0.717) is 10.6 Å². The molecule has 1 aromatic rings. The highest BCUT2D eigenvalue weighted by molar-refractivity contribution is 6.53. The molecule has 0 unspecified atom stereocenters. The lowest BCUT2D eigenvalue weighted by Gasteiger charge is -2.17. The monoisotopic (exact) mass is 280 g/mol. The van der Waals surface area contributed by atoms with E-state index in [1.165, 1.54) is 33.5 Å². The normalized spacial score (nSPS) is 14.3. The molecule has 0 atom stereocenters. The van der Waals surface area contributed by atoms with E-state index in [9.17, 15) is 14.4 Å². The number of amides is 4. The molecule has 106 valence electrons. The number of nitrogens with zero attached hydrogens (tertiary/aromatic N) is 1. The molecule has 0 bridgehead atoms. The second-order valence-corrected chi connectivity index (χ2v) is 3.78. The number of hydrogen-bond donors (Lipinski definition) is 1. The first-order valence-electron chi connectivity index (χ1n) is 5.53. The van der Waals surface area contributed by atoms with E-state index in [1.807, 2.05) is 5.32 Å². The van der Waals surface area contributed by atoms with Crippen LogP contribution < -0.4 is 24.4 Å². The molecule has 1 N–H and O–H groups in total. The van der Waals surface area contributed by atoms with Crippen LogP contribution in [0.25, 0.3) is 0 Å². The largest absolute Gasteiger partial charge is 0.493 e. The number of hydrogen-bond acceptors (Lipinski definition) is 6. The van der Waals surface area contributed by atoms with Crippen LogP contribution in [0.3, 0.4) is 0 Å². The summed E-state index contributed by atoms with van der Waals surface area (Å²) in [7, 11) is 4.23. The molecule has 1 saturated heterocycles. The van der Waals surface area contributed by atoms with E-state index in [1.54, 1.807) is 0 Å². The summed E-state index contributed by atoms with van der Waals surface area (Å²) in [6.07, 6.45) is 0. The molecule has 1 heterocycles. The van der Waals surface area contributed by atoms with Gasteiger partial charge in [-0.15, -0.1) is 0 Å². The maximum atomic E-state index is 11.7. The second kappa shape index (κ2) is 5.08. The predicted molar refractivity (Wildman–Crippen MR) is 67.1 cm³/mol. The number of benzene rings is 1. The minimum Gasteiger partial charge on any atom is -0.493 e. The van der Waals surface area contributed by atoms with Gasteiger partial charge >= 0.3 is 17.8 Å². The Morgan fingerprint density at radius 2 is 1.50 bits per heavy atom. The van der Waals surface area contributed by atoms with Crippen molar-refractivity contribution in [2.24, 2.45) is 0 Å². The first kappa shape index (κ1) is 13.7. The Morgan fingerprint density at radius 1 is 0.950 bits per heavy atom. The quantitative estimate of drug-likeness (QED) is 0.629. The van der Waals surface area contributed by atoms with Crippen molar-refractivity contribution < 1.29 is 28.6 Å². The summed E-state index contributed by atoms with van der Waals surface area (Å²) in [6, 6.07) is 1.98. The molecule has 0 aromatic heterocycles. The van der Waals surface area contributed by atoms with Gasteiger partial charge in [-0.3, -0.25) is 14.9 Å². The number of rotatable bonds is 4. The predicted octanol–water partition coefficient (Wildman–Crippen LogP) is 0.295. The summed E-state index contributed by atoms with van der Waals surface area (Å²) in [5.41, 5.74) is 0.146. The number of anilines is 1. The number of urea groups is 1. The van der Waals surface area contributed by atoms with Crippen molar-refractivity contribution in [1.29, 1.82) is 0 Å². The van der Waals surface area contributed by atoms with Gasteiger partial charge in [0, 0.05) is 12.1 Å². The highest BCUT2D eigenvalue weighted by atomic mass is 16.5. The summed E-state index contributed by atoms with van der Waals surface area (Å²) in [5, 5.41) is 1.90. The van der Waals surface area contributed by atoms with Gasteiger partial charge in [-0.05, 0) is 0 Å². The van der Waals surface area contributed by atoms with Gasteiger partial charge in [-0.1, -0.05) is 0 Å². The third-order valence-corrected chi connectivity index (χ3v) is 2.73. The molecule has 1 aliphatic heterocycles. The summed E-state index contributed by atoms with van der Waals surface area (Å²) < 4.78 is 15.4. The average Bonchev–Trinajstić information content (AvgIpc) is 2.70. The van der Waals surface area contributed by atoms with Crippen molar-refractivity contribution in [3.8, 4) is 17.2 Å². The first-order chi connectivity index (χ1) is 9.53. The zero-order chi connectivity index (χ0) is 14.9. The third-order valence-electron chi connectivity index (χ3n) is 2.73. The van der Waals surface area contributed by atoms with E-state index < -0.39 is 17.8 Å². The topological polar surface area (TPSA) is 94.2 Å². The number of carbonyl (C=O) groups excluding carboxylic acids is 3. The minimum atomic E-state index is -0.983. The van der Waals surface area contributed by atoms with Crippen LogP contribution in [0, 0.1) is 0 Å². The number of carbonyl (C=O) groups is 3. The van der Waals surface area contributed by atoms with Crippen LogP contribution in [0.4, 0.5) is 10.5 Å². The molecular formula is C12H12N2O6. The molecule has 0 aliphatic carbocycles. The van der Waals surface area contributed by atoms with Gasteiger partial charge < -0.3 is 14.2 Å². The van der Waals surface area contributed by atoms with Gasteiger partial charge in [-0.25, -0.2) is 9.69 Å². The van der Waals surface area contributed by atoms with Crippen molar-refractivity contribution in [3.05, 3.63) is 12.1 Å². The first-order valence-corrected chi connectivity index (χ1v) is 5.53. The van der Waals surface area contributed by atoms with Crippen molar-refractivity contribution in [2.75, 3.05) is 26.2 Å². The van der Waals surface area contributed by atoms with Crippen LogP contribution in [-0.4, -0.2) is 39.2 Å². The van der Waals surface area contributed by atoms with E-state index in [2.05, 4.69) is 0 Å². The highest BCUT2D eigenvalue weighted by Crippen LogP contribution is 2.41. The third kappa shape index (κ3) is 2.00. The number of ether oxygens (including phenoxy) is 3. The average molecular weight is 280 g/mol. The lowest BCUT2D eigenvalue weighted by atomic mass is 10.2. The van der Waals surface area contributed by atoms with Gasteiger partial charge in [0.05, 0.1) is 27.0 Å². The van der Waals surface area contributed by atoms with Crippen molar-refractivity contribution in [3.63, 3.8) is 0 Å². The molecule has 0 spiro atoms. The van der Waals surface area contributed by atoms with Gasteiger partial charge in [0.1, 0.15) is 0 Å². The molecule has 0 radical (unpaired) electrons. The summed E-state index contributed by atoms with van der Waals surface area (Å²) >= 11 is 0. The van der Waals surface area contributed by atoms with Crippen LogP contribution in [0.5, 0.6) is 17.2 Å². The number of nitrogens with one attached hydrogen (secondary N) is 1. The fourth-order valence-corrected chi connectivity index (χ4v) is 1.83. The van der Waals surface area contributed by atoms with Crippen molar-refractivity contribution in [1.82, 2.24) is 5.32 Å². The fourth-order valence-electron chi connectivity index (χ4n) is 1.83. The van der Waals surface area contributed by atoms with Crippen LogP contribution in [-0.2, 0) is 9.59 Å². The molecule has 2 rings (SSSR count). The molecule has 0 saturated carbocycles. The Labute approximate surface area is 114 Å². The highest BCUT2D eigenvalue weighted by Gasteiger charge is 2.38. The van der Waals surface area contributed by atoms with E-state index in [4.69, 9.17) is 14.2 Å².